The summed E-state index contributed by atoms with van der Waals surface area (Å²) in [7, 11) is 0. The molecule has 0 radical (unpaired) electrons. The molecule has 0 bridgehead atoms. The summed E-state index contributed by atoms with van der Waals surface area (Å²) in [6.45, 7) is 4.27. The van der Waals surface area contributed by atoms with Crippen LogP contribution in [0.4, 0.5) is 34.1 Å². The Hall–Kier alpha value is -8.98. The van der Waals surface area contributed by atoms with Crippen molar-refractivity contribution in [3.8, 4) is 44.5 Å². The second-order valence-electron chi connectivity index (χ2n) is 18.0. The third-order valence-electron chi connectivity index (χ3n) is 13.2. The molecule has 0 heterocycles. The molecule has 0 saturated carbocycles. The van der Waals surface area contributed by atoms with E-state index < -0.39 is 0 Å². The van der Waals surface area contributed by atoms with E-state index in [0.29, 0.717) is 0 Å². The standard InChI is InChI=1S/C68H52N2/c1-49-13-36-63(37-14-49)69(66-42-31-59(32-43-66)57-27-23-55(24-28-57)53-9-5-3-6-10-53)65-40-20-51(21-41-65)17-18-52-19-22-62-48-68(46-35-61(62)47-52)70(64-38-15-50(2)16-39-64)67-44-33-60(34-45-67)58-29-25-56(26-30-58)54-11-7-4-8-12-54/h3-48H,1-2H3. The van der Waals surface area contributed by atoms with Crippen LogP contribution in [0.1, 0.15) is 22.3 Å². The SMILES string of the molecule is Cc1ccc(N(c2ccc(C=Cc3ccc4cc(N(c5ccc(C)cc5)c5ccc(-c6ccc(-c7ccccc7)cc6)cc5)ccc4c3)cc2)c2ccc(-c3ccc(-c4ccccc4)cc3)cc2)cc1. The van der Waals surface area contributed by atoms with Crippen LogP contribution in [0.2, 0.25) is 0 Å². The van der Waals surface area contributed by atoms with Crippen LogP contribution < -0.4 is 9.80 Å². The fourth-order valence-electron chi connectivity index (χ4n) is 9.28. The molecule has 2 nitrogen and oxygen atoms in total. The lowest BCUT2D eigenvalue weighted by Gasteiger charge is -2.26. The molecule has 2 heteroatoms. The number of hydrogen-bond donors (Lipinski definition) is 0. The molecule has 0 unspecified atom stereocenters. The average Bonchev–Trinajstić information content (AvgIpc) is 3.43. The zero-order valence-electron chi connectivity index (χ0n) is 39.5. The number of rotatable bonds is 12. The summed E-state index contributed by atoms with van der Waals surface area (Å²) in [5.74, 6) is 0. The van der Waals surface area contributed by atoms with E-state index in [1.165, 1.54) is 66.4 Å². The monoisotopic (exact) mass is 896 g/mol. The summed E-state index contributed by atoms with van der Waals surface area (Å²) in [4.78, 5) is 4.67. The van der Waals surface area contributed by atoms with Gasteiger partial charge in [0.2, 0.25) is 0 Å². The summed E-state index contributed by atoms with van der Waals surface area (Å²) < 4.78 is 0. The Morgan fingerprint density at radius 3 is 0.914 bits per heavy atom. The maximum atomic E-state index is 2.35. The molecule has 0 aromatic heterocycles. The van der Waals surface area contributed by atoms with Crippen molar-refractivity contribution >= 4 is 57.0 Å². The second kappa shape index (κ2) is 19.7. The van der Waals surface area contributed by atoms with Crippen molar-refractivity contribution in [3.05, 3.63) is 289 Å². The first kappa shape index (κ1) is 43.6. The van der Waals surface area contributed by atoms with Crippen LogP contribution >= 0.6 is 0 Å². The Bertz CT molecular complexity index is 3520. The Balaban J connectivity index is 0.814. The molecule has 11 rings (SSSR count). The highest BCUT2D eigenvalue weighted by atomic mass is 15.1. The van der Waals surface area contributed by atoms with E-state index in [9.17, 15) is 0 Å². The van der Waals surface area contributed by atoms with Crippen molar-refractivity contribution in [2.75, 3.05) is 9.80 Å². The zero-order chi connectivity index (χ0) is 47.2. The third-order valence-corrected chi connectivity index (χ3v) is 13.2. The molecule has 11 aromatic rings. The highest BCUT2D eigenvalue weighted by molar-refractivity contribution is 5.92. The van der Waals surface area contributed by atoms with Gasteiger partial charge in [-0.15, -0.1) is 0 Å². The van der Waals surface area contributed by atoms with Crippen LogP contribution in [0, 0.1) is 13.8 Å². The molecule has 0 N–H and O–H groups in total. The fraction of sp³-hybridized carbons (Fsp3) is 0.0294. The topological polar surface area (TPSA) is 6.48 Å². The lowest BCUT2D eigenvalue weighted by atomic mass is 10.00. The van der Waals surface area contributed by atoms with Crippen LogP contribution in [-0.4, -0.2) is 0 Å². The van der Waals surface area contributed by atoms with Crippen molar-refractivity contribution < 1.29 is 0 Å². The summed E-state index contributed by atoms with van der Waals surface area (Å²) in [5.41, 5.74) is 21.1. The minimum Gasteiger partial charge on any atom is -0.311 e. The Kier molecular flexibility index (Phi) is 12.3. The highest BCUT2D eigenvalue weighted by Crippen LogP contribution is 2.39. The van der Waals surface area contributed by atoms with E-state index in [1.807, 2.05) is 0 Å². The van der Waals surface area contributed by atoms with Gasteiger partial charge in [-0.1, -0.05) is 211 Å². The molecule has 0 atom stereocenters. The van der Waals surface area contributed by atoms with Crippen molar-refractivity contribution in [1.29, 1.82) is 0 Å². The molecule has 0 saturated heterocycles. The first-order chi connectivity index (χ1) is 34.5. The predicted octanol–water partition coefficient (Wildman–Crippen LogP) is 19.2. The first-order valence-corrected chi connectivity index (χ1v) is 24.0. The minimum atomic E-state index is 1.10. The van der Waals surface area contributed by atoms with Gasteiger partial charge < -0.3 is 9.80 Å². The normalized spacial score (nSPS) is 11.2. The van der Waals surface area contributed by atoms with Crippen molar-refractivity contribution in [2.24, 2.45) is 0 Å². The van der Waals surface area contributed by atoms with Crippen LogP contribution in [0.15, 0.2) is 267 Å². The number of hydrogen-bond acceptors (Lipinski definition) is 2. The molecule has 70 heavy (non-hydrogen) atoms. The lowest BCUT2D eigenvalue weighted by Crippen LogP contribution is -2.09. The summed E-state index contributed by atoms with van der Waals surface area (Å²) in [6, 6.07) is 96.5. The third kappa shape index (κ3) is 9.58. The van der Waals surface area contributed by atoms with Crippen LogP contribution in [0.3, 0.4) is 0 Å². The van der Waals surface area contributed by atoms with Crippen LogP contribution in [-0.2, 0) is 0 Å². The quantitative estimate of drug-likeness (QED) is 0.113. The van der Waals surface area contributed by atoms with Crippen LogP contribution in [0.25, 0.3) is 67.4 Å². The van der Waals surface area contributed by atoms with Crippen molar-refractivity contribution in [2.45, 2.75) is 13.8 Å². The average molecular weight is 897 g/mol. The maximum Gasteiger partial charge on any atom is 0.0468 e. The predicted molar refractivity (Wildman–Crippen MR) is 300 cm³/mol. The number of anilines is 6. The number of nitrogens with zero attached hydrogens (tertiary/aromatic N) is 2. The van der Waals surface area contributed by atoms with E-state index in [-0.39, 0.29) is 0 Å². The number of aryl methyl sites for hydroxylation is 2. The van der Waals surface area contributed by atoms with Crippen molar-refractivity contribution in [3.63, 3.8) is 0 Å². The Morgan fingerprint density at radius 2 is 0.500 bits per heavy atom. The van der Waals surface area contributed by atoms with Gasteiger partial charge in [0.1, 0.15) is 0 Å². The number of fused-ring (bicyclic) bond motifs is 1. The Labute approximate surface area is 412 Å². The van der Waals surface area contributed by atoms with Gasteiger partial charge >= 0.3 is 0 Å². The molecule has 0 amide bonds. The van der Waals surface area contributed by atoms with E-state index in [1.54, 1.807) is 0 Å². The maximum absolute atomic E-state index is 2.35. The Morgan fingerprint density at radius 1 is 0.229 bits per heavy atom. The van der Waals surface area contributed by atoms with E-state index in [4.69, 9.17) is 0 Å². The summed E-state index contributed by atoms with van der Waals surface area (Å²) >= 11 is 0. The van der Waals surface area contributed by atoms with E-state index in [2.05, 4.69) is 303 Å². The van der Waals surface area contributed by atoms with Gasteiger partial charge in [0.25, 0.3) is 0 Å². The van der Waals surface area contributed by atoms with Gasteiger partial charge in [0.15, 0.2) is 0 Å². The largest absolute Gasteiger partial charge is 0.311 e. The van der Waals surface area contributed by atoms with Gasteiger partial charge in [-0.05, 0) is 159 Å². The van der Waals surface area contributed by atoms with E-state index >= 15 is 0 Å². The van der Waals surface area contributed by atoms with Gasteiger partial charge in [0, 0.05) is 34.1 Å². The van der Waals surface area contributed by atoms with Gasteiger partial charge in [-0.3, -0.25) is 0 Å². The van der Waals surface area contributed by atoms with Gasteiger partial charge in [-0.2, -0.15) is 0 Å². The molecular weight excluding hydrogens is 845 g/mol. The van der Waals surface area contributed by atoms with E-state index in [0.717, 1.165) is 45.3 Å². The molecule has 0 aliphatic carbocycles. The van der Waals surface area contributed by atoms with Gasteiger partial charge in [0.05, 0.1) is 0 Å². The molecule has 11 aromatic carbocycles. The number of benzene rings is 11. The summed E-state index contributed by atoms with van der Waals surface area (Å²) in [6.07, 6.45) is 4.41. The molecule has 0 aliphatic rings. The molecule has 0 spiro atoms. The molecular formula is C68H52N2. The highest BCUT2D eigenvalue weighted by Gasteiger charge is 2.15. The summed E-state index contributed by atoms with van der Waals surface area (Å²) in [5, 5.41) is 2.39. The second-order valence-corrected chi connectivity index (χ2v) is 18.0. The van der Waals surface area contributed by atoms with Crippen LogP contribution in [0.5, 0.6) is 0 Å². The fourth-order valence-corrected chi connectivity index (χ4v) is 9.28. The zero-order valence-corrected chi connectivity index (χ0v) is 39.5. The van der Waals surface area contributed by atoms with Crippen molar-refractivity contribution in [1.82, 2.24) is 0 Å². The first-order valence-electron chi connectivity index (χ1n) is 24.0. The molecule has 0 aliphatic heterocycles. The minimum absolute atomic E-state index is 1.10. The smallest absolute Gasteiger partial charge is 0.0468 e. The molecule has 334 valence electrons. The lowest BCUT2D eigenvalue weighted by molar-refractivity contribution is 1.27. The van der Waals surface area contributed by atoms with Gasteiger partial charge in [-0.25, -0.2) is 0 Å². The molecule has 0 fully saturated rings.